The van der Waals surface area contributed by atoms with Crippen LogP contribution < -0.4 is 4.90 Å². The summed E-state index contributed by atoms with van der Waals surface area (Å²) >= 11 is 0. The van der Waals surface area contributed by atoms with E-state index in [9.17, 15) is 19.2 Å². The van der Waals surface area contributed by atoms with Crippen molar-refractivity contribution in [2.45, 2.75) is 6.42 Å². The fraction of sp³-hybridized carbons (Fsp3) is 0.167. The lowest BCUT2D eigenvalue weighted by Gasteiger charge is -2.19. The van der Waals surface area contributed by atoms with E-state index in [-0.39, 0.29) is 18.9 Å². The maximum Gasteiger partial charge on any atom is 0.313 e. The summed E-state index contributed by atoms with van der Waals surface area (Å²) in [6, 6.07) is 19.9. The van der Waals surface area contributed by atoms with E-state index < -0.39 is 30.4 Å². The van der Waals surface area contributed by atoms with Crippen molar-refractivity contribution in [1.29, 1.82) is 0 Å². The minimum atomic E-state index is -0.665. The highest BCUT2D eigenvalue weighted by molar-refractivity contribution is 6.21. The third-order valence-corrected chi connectivity index (χ3v) is 5.73. The number of imide groups is 1. The van der Waals surface area contributed by atoms with Crippen molar-refractivity contribution in [1.82, 2.24) is 4.90 Å². The zero-order valence-corrected chi connectivity index (χ0v) is 16.5. The first-order valence-electron chi connectivity index (χ1n) is 9.94. The summed E-state index contributed by atoms with van der Waals surface area (Å²) in [5.74, 6) is -2.42. The van der Waals surface area contributed by atoms with Crippen molar-refractivity contribution in [2.75, 3.05) is 18.2 Å². The molecule has 0 N–H and O–H groups in total. The highest BCUT2D eigenvalue weighted by Crippen LogP contribution is 2.32. The van der Waals surface area contributed by atoms with Crippen LogP contribution in [0.15, 0.2) is 66.7 Å². The second kappa shape index (κ2) is 7.36. The van der Waals surface area contributed by atoms with E-state index >= 15 is 0 Å². The number of hydrogen-bond acceptors (Lipinski definition) is 5. The maximum absolute atomic E-state index is 12.6. The molecule has 3 amide bonds. The number of hydrogen-bond donors (Lipinski definition) is 0. The van der Waals surface area contributed by atoms with Crippen molar-refractivity contribution in [3.05, 3.63) is 77.9 Å². The molecular formula is C24H18N2O5. The van der Waals surface area contributed by atoms with Gasteiger partial charge in [0.15, 0.2) is 6.73 Å². The van der Waals surface area contributed by atoms with Crippen LogP contribution >= 0.6 is 0 Å². The van der Waals surface area contributed by atoms with Crippen LogP contribution in [0.25, 0.3) is 10.8 Å². The first-order valence-corrected chi connectivity index (χ1v) is 9.94. The van der Waals surface area contributed by atoms with Gasteiger partial charge in [0.1, 0.15) is 0 Å². The lowest BCUT2D eigenvalue weighted by Crippen LogP contribution is -2.35. The molecule has 3 aromatic carbocycles. The topological polar surface area (TPSA) is 84.0 Å². The number of benzene rings is 3. The highest BCUT2D eigenvalue weighted by atomic mass is 16.5. The van der Waals surface area contributed by atoms with Gasteiger partial charge < -0.3 is 9.64 Å². The fourth-order valence-electron chi connectivity index (χ4n) is 4.14. The molecular weight excluding hydrogens is 396 g/mol. The third-order valence-electron chi connectivity index (χ3n) is 5.73. The summed E-state index contributed by atoms with van der Waals surface area (Å²) < 4.78 is 5.27. The van der Waals surface area contributed by atoms with Gasteiger partial charge in [-0.3, -0.25) is 19.2 Å². The Labute approximate surface area is 177 Å². The number of nitrogens with zero attached hydrogens (tertiary/aromatic N) is 2. The monoisotopic (exact) mass is 414 g/mol. The molecule has 3 aromatic rings. The van der Waals surface area contributed by atoms with E-state index in [1.165, 1.54) is 0 Å². The number of anilines is 1. The van der Waals surface area contributed by atoms with Crippen molar-refractivity contribution >= 4 is 40.2 Å². The third kappa shape index (κ3) is 3.15. The van der Waals surface area contributed by atoms with Crippen LogP contribution in [-0.2, 0) is 14.3 Å². The zero-order valence-electron chi connectivity index (χ0n) is 16.5. The van der Waals surface area contributed by atoms with E-state index in [0.29, 0.717) is 11.1 Å². The quantitative estimate of drug-likeness (QED) is 0.484. The molecule has 1 fully saturated rings. The van der Waals surface area contributed by atoms with Crippen LogP contribution in [0.5, 0.6) is 0 Å². The SMILES string of the molecule is O=C(OCN1C(=O)c2ccccc2C1=O)[C@H]1CC(=O)N(c2cccc3ccccc23)C1. The average molecular weight is 414 g/mol. The van der Waals surface area contributed by atoms with Crippen molar-refractivity contribution < 1.29 is 23.9 Å². The predicted octanol–water partition coefficient (Wildman–Crippen LogP) is 2.99. The summed E-state index contributed by atoms with van der Waals surface area (Å²) in [6.07, 6.45) is 0.0180. The molecule has 2 aliphatic rings. The van der Waals surface area contributed by atoms with Gasteiger partial charge in [-0.15, -0.1) is 0 Å². The Morgan fingerprint density at radius 1 is 0.871 bits per heavy atom. The molecule has 31 heavy (non-hydrogen) atoms. The minimum absolute atomic E-state index is 0.0180. The number of carbonyl (C=O) groups excluding carboxylic acids is 4. The molecule has 1 saturated heterocycles. The molecule has 0 unspecified atom stereocenters. The van der Waals surface area contributed by atoms with Crippen LogP contribution in [-0.4, -0.2) is 41.9 Å². The Balaban J connectivity index is 1.28. The molecule has 0 bridgehead atoms. The lowest BCUT2D eigenvalue weighted by atomic mass is 10.1. The average Bonchev–Trinajstić information content (AvgIpc) is 3.30. The van der Waals surface area contributed by atoms with Crippen molar-refractivity contribution in [3.63, 3.8) is 0 Å². The predicted molar refractivity (Wildman–Crippen MR) is 112 cm³/mol. The van der Waals surface area contributed by atoms with Gasteiger partial charge >= 0.3 is 5.97 Å². The smallest absolute Gasteiger partial charge is 0.313 e. The first kappa shape index (κ1) is 19.0. The van der Waals surface area contributed by atoms with Gasteiger partial charge in [-0.1, -0.05) is 48.5 Å². The number of esters is 1. The van der Waals surface area contributed by atoms with Gasteiger partial charge in [-0.05, 0) is 23.6 Å². The van der Waals surface area contributed by atoms with Gasteiger partial charge in [0.25, 0.3) is 11.8 Å². The summed E-state index contributed by atoms with van der Waals surface area (Å²) in [5.41, 5.74) is 1.34. The second-order valence-corrected chi connectivity index (χ2v) is 7.58. The maximum atomic E-state index is 12.6. The molecule has 0 saturated carbocycles. The van der Waals surface area contributed by atoms with Crippen LogP contribution in [0.4, 0.5) is 5.69 Å². The second-order valence-electron chi connectivity index (χ2n) is 7.58. The summed E-state index contributed by atoms with van der Waals surface area (Å²) in [7, 11) is 0. The van der Waals surface area contributed by atoms with Gasteiger partial charge in [0.05, 0.1) is 22.7 Å². The molecule has 2 aliphatic heterocycles. The molecule has 7 heteroatoms. The lowest BCUT2D eigenvalue weighted by molar-refractivity contribution is -0.151. The molecule has 0 aliphatic carbocycles. The Hall–Kier alpha value is -4.00. The van der Waals surface area contributed by atoms with Gasteiger partial charge in [0.2, 0.25) is 5.91 Å². The van der Waals surface area contributed by atoms with E-state index in [4.69, 9.17) is 4.74 Å². The largest absolute Gasteiger partial charge is 0.443 e. The molecule has 1 atom stereocenters. The van der Waals surface area contributed by atoms with Crippen LogP contribution in [0.1, 0.15) is 27.1 Å². The Morgan fingerprint density at radius 2 is 1.52 bits per heavy atom. The van der Waals surface area contributed by atoms with E-state index in [1.807, 2.05) is 42.5 Å². The van der Waals surface area contributed by atoms with Gasteiger partial charge in [0, 0.05) is 18.4 Å². The number of ether oxygens (including phenoxy) is 1. The number of fused-ring (bicyclic) bond motifs is 2. The summed E-state index contributed by atoms with van der Waals surface area (Å²) in [4.78, 5) is 52.6. The normalized spacial score (nSPS) is 18.1. The number of rotatable bonds is 4. The van der Waals surface area contributed by atoms with Crippen LogP contribution in [0.2, 0.25) is 0 Å². The van der Waals surface area contributed by atoms with Crippen LogP contribution in [0.3, 0.4) is 0 Å². The highest BCUT2D eigenvalue weighted by Gasteiger charge is 2.39. The van der Waals surface area contributed by atoms with Gasteiger partial charge in [-0.2, -0.15) is 0 Å². The van der Waals surface area contributed by atoms with Crippen LogP contribution in [0, 0.1) is 5.92 Å². The number of carbonyl (C=O) groups is 4. The van der Waals surface area contributed by atoms with E-state index in [0.717, 1.165) is 21.4 Å². The van der Waals surface area contributed by atoms with E-state index in [1.54, 1.807) is 29.2 Å². The molecule has 7 nitrogen and oxygen atoms in total. The molecule has 0 aromatic heterocycles. The fourth-order valence-corrected chi connectivity index (χ4v) is 4.14. The standard InChI is InChI=1S/C24H18N2O5/c27-21-12-16(13-25(21)20-11-5-7-15-6-1-2-8-17(15)20)24(30)31-14-26-22(28)18-9-3-4-10-19(18)23(26)29/h1-11,16H,12-14H2/t16-/m0/s1. The molecule has 5 rings (SSSR count). The molecule has 2 heterocycles. The van der Waals surface area contributed by atoms with E-state index in [2.05, 4.69) is 0 Å². The van der Waals surface area contributed by atoms with Crippen molar-refractivity contribution in [3.8, 4) is 0 Å². The molecule has 154 valence electrons. The summed E-state index contributed by atoms with van der Waals surface area (Å²) in [6.45, 7) is -0.280. The Morgan fingerprint density at radius 3 is 2.26 bits per heavy atom. The minimum Gasteiger partial charge on any atom is -0.443 e. The molecule has 0 spiro atoms. The molecule has 0 radical (unpaired) electrons. The van der Waals surface area contributed by atoms with Gasteiger partial charge in [-0.25, -0.2) is 4.90 Å². The summed E-state index contributed by atoms with van der Waals surface area (Å²) in [5, 5.41) is 1.93. The number of amides is 3. The zero-order chi connectivity index (χ0) is 21.5. The Bertz CT molecular complexity index is 1210. The first-order chi connectivity index (χ1) is 15.0. The Kier molecular flexibility index (Phi) is 4.51. The van der Waals surface area contributed by atoms with Crippen molar-refractivity contribution in [2.24, 2.45) is 5.92 Å².